The van der Waals surface area contributed by atoms with Gasteiger partial charge in [-0.2, -0.15) is 0 Å². The summed E-state index contributed by atoms with van der Waals surface area (Å²) in [5.74, 6) is 0.0863. The topological polar surface area (TPSA) is 71.3 Å². The molecule has 0 saturated carbocycles. The van der Waals surface area contributed by atoms with Crippen molar-refractivity contribution in [3.8, 4) is 0 Å². The van der Waals surface area contributed by atoms with Crippen LogP contribution in [0.3, 0.4) is 0 Å². The van der Waals surface area contributed by atoms with E-state index in [1.54, 1.807) is 48.5 Å². The Labute approximate surface area is 156 Å². The number of rotatable bonds is 5. The van der Waals surface area contributed by atoms with Crippen LogP contribution in [0.25, 0.3) is 0 Å². The van der Waals surface area contributed by atoms with Gasteiger partial charge in [0.15, 0.2) is 5.76 Å². The predicted octanol–water partition coefficient (Wildman–Crippen LogP) is 4.42. The molecule has 0 radical (unpaired) electrons. The first kappa shape index (κ1) is 17.8. The summed E-state index contributed by atoms with van der Waals surface area (Å²) in [6, 6.07) is 17.3. The summed E-state index contributed by atoms with van der Waals surface area (Å²) in [7, 11) is 0. The van der Waals surface area contributed by atoms with Crippen LogP contribution in [0.15, 0.2) is 65.1 Å². The maximum atomic E-state index is 12.2. The molecule has 1 heterocycles. The average molecular weight is 369 g/mol. The standard InChI is InChI=1S/C20H17ClN2O3/c1-13-2-4-14(5-3-13)19(24)22-12-17-10-11-18(26-17)20(25)23-16-8-6-15(21)7-9-16/h2-11H,12H2,1H3,(H,22,24)(H,23,25). The number of furan rings is 1. The highest BCUT2D eigenvalue weighted by Gasteiger charge is 2.12. The second kappa shape index (κ2) is 7.89. The molecule has 0 saturated heterocycles. The van der Waals surface area contributed by atoms with Crippen molar-refractivity contribution in [2.75, 3.05) is 5.32 Å². The fourth-order valence-corrected chi connectivity index (χ4v) is 2.42. The quantitative estimate of drug-likeness (QED) is 0.700. The van der Waals surface area contributed by atoms with Crippen LogP contribution in [0.1, 0.15) is 32.2 Å². The van der Waals surface area contributed by atoms with Crippen molar-refractivity contribution in [1.82, 2.24) is 5.32 Å². The third kappa shape index (κ3) is 4.52. The molecule has 2 N–H and O–H groups in total. The summed E-state index contributed by atoms with van der Waals surface area (Å²) in [6.45, 7) is 2.15. The molecular formula is C20H17ClN2O3. The van der Waals surface area contributed by atoms with E-state index in [0.29, 0.717) is 22.0 Å². The number of benzene rings is 2. The molecule has 0 unspecified atom stereocenters. The maximum absolute atomic E-state index is 12.2. The Kier molecular flexibility index (Phi) is 5.39. The summed E-state index contributed by atoms with van der Waals surface area (Å²) in [5.41, 5.74) is 2.27. The summed E-state index contributed by atoms with van der Waals surface area (Å²) in [6.07, 6.45) is 0. The van der Waals surface area contributed by atoms with Crippen molar-refractivity contribution < 1.29 is 14.0 Å². The Bertz CT molecular complexity index is 915. The van der Waals surface area contributed by atoms with Gasteiger partial charge in [-0.3, -0.25) is 9.59 Å². The minimum absolute atomic E-state index is 0.166. The zero-order valence-corrected chi connectivity index (χ0v) is 14.8. The number of aryl methyl sites for hydroxylation is 1. The van der Waals surface area contributed by atoms with Crippen LogP contribution in [0.2, 0.25) is 5.02 Å². The molecular weight excluding hydrogens is 352 g/mol. The van der Waals surface area contributed by atoms with E-state index < -0.39 is 0 Å². The minimum atomic E-state index is -0.372. The smallest absolute Gasteiger partial charge is 0.291 e. The van der Waals surface area contributed by atoms with E-state index >= 15 is 0 Å². The van der Waals surface area contributed by atoms with Crippen LogP contribution in [0.4, 0.5) is 5.69 Å². The van der Waals surface area contributed by atoms with E-state index in [1.165, 1.54) is 0 Å². The van der Waals surface area contributed by atoms with E-state index in [1.807, 2.05) is 19.1 Å². The molecule has 2 aromatic carbocycles. The molecule has 0 aliphatic carbocycles. The number of amides is 2. The van der Waals surface area contributed by atoms with Gasteiger partial charge in [-0.25, -0.2) is 0 Å². The molecule has 0 fully saturated rings. The number of halogens is 1. The van der Waals surface area contributed by atoms with Crippen LogP contribution < -0.4 is 10.6 Å². The molecule has 2 amide bonds. The lowest BCUT2D eigenvalue weighted by Crippen LogP contribution is -2.22. The molecule has 6 heteroatoms. The van der Waals surface area contributed by atoms with Crippen molar-refractivity contribution in [1.29, 1.82) is 0 Å². The van der Waals surface area contributed by atoms with Gasteiger partial charge in [0.25, 0.3) is 11.8 Å². The van der Waals surface area contributed by atoms with E-state index in [9.17, 15) is 9.59 Å². The van der Waals surface area contributed by atoms with Gasteiger partial charge in [-0.05, 0) is 55.5 Å². The van der Waals surface area contributed by atoms with Gasteiger partial charge in [0.05, 0.1) is 6.54 Å². The first-order valence-corrected chi connectivity index (χ1v) is 8.39. The number of carbonyl (C=O) groups excluding carboxylic acids is 2. The van der Waals surface area contributed by atoms with E-state index in [-0.39, 0.29) is 24.1 Å². The predicted molar refractivity (Wildman–Crippen MR) is 100 cm³/mol. The van der Waals surface area contributed by atoms with Gasteiger partial charge >= 0.3 is 0 Å². The van der Waals surface area contributed by atoms with E-state index in [0.717, 1.165) is 5.56 Å². The molecule has 0 aliphatic heterocycles. The van der Waals surface area contributed by atoms with Crippen molar-refractivity contribution >= 4 is 29.1 Å². The van der Waals surface area contributed by atoms with Crippen LogP contribution in [-0.4, -0.2) is 11.8 Å². The largest absolute Gasteiger partial charge is 0.454 e. The molecule has 0 bridgehead atoms. The molecule has 0 aliphatic rings. The second-order valence-corrected chi connectivity index (χ2v) is 6.21. The third-order valence-electron chi connectivity index (χ3n) is 3.72. The summed E-state index contributed by atoms with van der Waals surface area (Å²) >= 11 is 5.82. The Morgan fingerprint density at radius 2 is 1.62 bits per heavy atom. The number of hydrogen-bond acceptors (Lipinski definition) is 3. The first-order chi connectivity index (χ1) is 12.5. The fraction of sp³-hybridized carbons (Fsp3) is 0.100. The first-order valence-electron chi connectivity index (χ1n) is 8.02. The Morgan fingerprint density at radius 1 is 0.923 bits per heavy atom. The zero-order valence-electron chi connectivity index (χ0n) is 14.1. The van der Waals surface area contributed by atoms with Gasteiger partial charge in [0, 0.05) is 16.3 Å². The van der Waals surface area contributed by atoms with Crippen LogP contribution in [-0.2, 0) is 6.54 Å². The van der Waals surface area contributed by atoms with Crippen LogP contribution in [0.5, 0.6) is 0 Å². The van der Waals surface area contributed by atoms with E-state index in [2.05, 4.69) is 10.6 Å². The molecule has 1 aromatic heterocycles. The zero-order chi connectivity index (χ0) is 18.5. The van der Waals surface area contributed by atoms with Crippen LogP contribution in [0, 0.1) is 6.92 Å². The average Bonchev–Trinajstić information content (AvgIpc) is 3.11. The van der Waals surface area contributed by atoms with Gasteiger partial charge in [0.2, 0.25) is 0 Å². The highest BCUT2D eigenvalue weighted by Crippen LogP contribution is 2.15. The van der Waals surface area contributed by atoms with Gasteiger partial charge < -0.3 is 15.1 Å². The lowest BCUT2D eigenvalue weighted by molar-refractivity contribution is 0.0948. The molecule has 26 heavy (non-hydrogen) atoms. The van der Waals surface area contributed by atoms with Crippen molar-refractivity contribution in [2.45, 2.75) is 13.5 Å². The molecule has 0 spiro atoms. The number of nitrogens with one attached hydrogen (secondary N) is 2. The molecule has 5 nitrogen and oxygen atoms in total. The molecule has 3 rings (SSSR count). The lowest BCUT2D eigenvalue weighted by Gasteiger charge is -2.04. The van der Waals surface area contributed by atoms with Crippen molar-refractivity contribution in [3.63, 3.8) is 0 Å². The highest BCUT2D eigenvalue weighted by molar-refractivity contribution is 6.30. The van der Waals surface area contributed by atoms with Gasteiger partial charge in [0.1, 0.15) is 5.76 Å². The van der Waals surface area contributed by atoms with E-state index in [4.69, 9.17) is 16.0 Å². The maximum Gasteiger partial charge on any atom is 0.291 e. The van der Waals surface area contributed by atoms with Gasteiger partial charge in [-0.1, -0.05) is 29.3 Å². The summed E-state index contributed by atoms with van der Waals surface area (Å²) in [4.78, 5) is 24.3. The van der Waals surface area contributed by atoms with Crippen LogP contribution >= 0.6 is 11.6 Å². The molecule has 3 aromatic rings. The Morgan fingerprint density at radius 3 is 2.31 bits per heavy atom. The number of anilines is 1. The molecule has 132 valence electrons. The number of carbonyl (C=O) groups is 2. The third-order valence-corrected chi connectivity index (χ3v) is 3.98. The van der Waals surface area contributed by atoms with Crippen molar-refractivity contribution in [3.05, 3.63) is 88.3 Å². The highest BCUT2D eigenvalue weighted by atomic mass is 35.5. The molecule has 0 atom stereocenters. The second-order valence-electron chi connectivity index (χ2n) is 5.78. The summed E-state index contributed by atoms with van der Waals surface area (Å²) in [5, 5.41) is 6.07. The summed E-state index contributed by atoms with van der Waals surface area (Å²) < 4.78 is 5.49. The lowest BCUT2D eigenvalue weighted by atomic mass is 10.1. The Hall–Kier alpha value is -3.05. The Balaban J connectivity index is 1.57. The monoisotopic (exact) mass is 368 g/mol. The van der Waals surface area contributed by atoms with Gasteiger partial charge in [-0.15, -0.1) is 0 Å². The number of hydrogen-bond donors (Lipinski definition) is 2. The normalized spacial score (nSPS) is 10.4. The SMILES string of the molecule is Cc1ccc(C(=O)NCc2ccc(C(=O)Nc3ccc(Cl)cc3)o2)cc1. The van der Waals surface area contributed by atoms with Crippen molar-refractivity contribution in [2.24, 2.45) is 0 Å². The minimum Gasteiger partial charge on any atom is -0.454 e. The fourth-order valence-electron chi connectivity index (χ4n) is 2.30.